The Morgan fingerprint density at radius 2 is 1.48 bits per heavy atom. The second-order valence-electron chi connectivity index (χ2n) is 7.78. The van der Waals surface area contributed by atoms with Crippen molar-refractivity contribution in [2.45, 2.75) is 85.2 Å². The number of unbranched alkanes of at least 4 members (excludes halogenated alkanes) is 1. The van der Waals surface area contributed by atoms with Gasteiger partial charge < -0.3 is 9.84 Å². The third-order valence-corrected chi connectivity index (χ3v) is 4.94. The molecule has 0 amide bonds. The quantitative estimate of drug-likeness (QED) is 0.494. The highest BCUT2D eigenvalue weighted by atomic mass is 16.5. The predicted molar refractivity (Wildman–Crippen MR) is 91.1 cm³/mol. The summed E-state index contributed by atoms with van der Waals surface area (Å²) in [6.45, 7) is 8.66. The summed E-state index contributed by atoms with van der Waals surface area (Å²) < 4.78 is 5.77. The zero-order valence-electron chi connectivity index (χ0n) is 15.2. The van der Waals surface area contributed by atoms with Crippen LogP contribution in [0.5, 0.6) is 0 Å². The normalized spacial score (nSPS) is 23.0. The molecule has 1 unspecified atom stereocenters. The Balaban J connectivity index is 2.38. The molecule has 23 heavy (non-hydrogen) atoms. The van der Waals surface area contributed by atoms with Crippen molar-refractivity contribution in [2.75, 3.05) is 0 Å². The van der Waals surface area contributed by atoms with Gasteiger partial charge >= 0.3 is 11.9 Å². The molecule has 0 aromatic rings. The molecule has 1 aliphatic rings. The van der Waals surface area contributed by atoms with Gasteiger partial charge in [-0.25, -0.2) is 0 Å². The van der Waals surface area contributed by atoms with Crippen molar-refractivity contribution in [3.05, 3.63) is 0 Å². The zero-order valence-corrected chi connectivity index (χ0v) is 15.2. The van der Waals surface area contributed by atoms with Crippen LogP contribution in [0.15, 0.2) is 0 Å². The Hall–Kier alpha value is -1.06. The number of hydrogen-bond donors (Lipinski definition) is 1. The molecule has 1 rings (SSSR count). The first kappa shape index (κ1) is 20.0. The number of carboxylic acid groups (broad SMARTS) is 1. The molecule has 0 radical (unpaired) electrons. The van der Waals surface area contributed by atoms with Crippen LogP contribution >= 0.6 is 0 Å². The van der Waals surface area contributed by atoms with Gasteiger partial charge in [-0.1, -0.05) is 40.5 Å². The third kappa shape index (κ3) is 7.36. The Morgan fingerprint density at radius 1 is 0.957 bits per heavy atom. The molecule has 1 fully saturated rings. The molecular weight excluding hydrogens is 292 g/mol. The fraction of sp³-hybridized carbons (Fsp3) is 0.895. The summed E-state index contributed by atoms with van der Waals surface area (Å²) in [5.74, 6) is -0.190. The second-order valence-corrected chi connectivity index (χ2v) is 7.78. The van der Waals surface area contributed by atoms with Crippen LogP contribution in [0.2, 0.25) is 0 Å². The zero-order chi connectivity index (χ0) is 17.4. The predicted octanol–water partition coefficient (Wildman–Crippen LogP) is 4.66. The maximum Gasteiger partial charge on any atom is 0.309 e. The number of carbonyl (C=O) groups is 2. The molecule has 4 nitrogen and oxygen atoms in total. The van der Waals surface area contributed by atoms with E-state index in [1.54, 1.807) is 0 Å². The highest BCUT2D eigenvalue weighted by Gasteiger charge is 2.32. The molecule has 0 saturated heterocycles. The SMILES string of the molecule is CC(C)CCCCC(OC(=O)C1CCC(C(=O)O)CC1)C(C)C. The van der Waals surface area contributed by atoms with Gasteiger partial charge in [-0.15, -0.1) is 0 Å². The van der Waals surface area contributed by atoms with Crippen molar-refractivity contribution in [2.24, 2.45) is 23.7 Å². The number of aliphatic carboxylic acids is 1. The number of carboxylic acids is 1. The Morgan fingerprint density at radius 3 is 1.96 bits per heavy atom. The van der Waals surface area contributed by atoms with Gasteiger partial charge in [0.1, 0.15) is 6.10 Å². The van der Waals surface area contributed by atoms with Crippen molar-refractivity contribution in [3.8, 4) is 0 Å². The monoisotopic (exact) mass is 326 g/mol. The summed E-state index contributed by atoms with van der Waals surface area (Å²) in [4.78, 5) is 23.3. The fourth-order valence-electron chi connectivity index (χ4n) is 3.25. The van der Waals surface area contributed by atoms with Crippen LogP contribution < -0.4 is 0 Å². The van der Waals surface area contributed by atoms with Crippen LogP contribution in [0.25, 0.3) is 0 Å². The van der Waals surface area contributed by atoms with E-state index < -0.39 is 5.97 Å². The summed E-state index contributed by atoms with van der Waals surface area (Å²) in [6.07, 6.45) is 6.90. The number of ether oxygens (including phenoxy) is 1. The van der Waals surface area contributed by atoms with Gasteiger partial charge in [0.05, 0.1) is 11.8 Å². The van der Waals surface area contributed by atoms with Crippen LogP contribution in [-0.4, -0.2) is 23.1 Å². The fourth-order valence-corrected chi connectivity index (χ4v) is 3.25. The van der Waals surface area contributed by atoms with Crippen molar-refractivity contribution < 1.29 is 19.4 Å². The molecule has 1 aliphatic carbocycles. The standard InChI is InChI=1S/C19H34O4/c1-13(2)7-5-6-8-17(14(3)4)23-19(22)16-11-9-15(10-12-16)18(20)21/h13-17H,5-12H2,1-4H3,(H,20,21). The Kier molecular flexibility index (Phi) is 8.64. The molecule has 1 N–H and O–H groups in total. The summed E-state index contributed by atoms with van der Waals surface area (Å²) in [5, 5.41) is 9.02. The maximum atomic E-state index is 12.4. The minimum atomic E-state index is -0.734. The number of carbonyl (C=O) groups excluding carboxylic acids is 1. The number of esters is 1. The highest BCUT2D eigenvalue weighted by Crippen LogP contribution is 2.30. The van der Waals surface area contributed by atoms with E-state index in [9.17, 15) is 9.59 Å². The molecule has 0 bridgehead atoms. The van der Waals surface area contributed by atoms with Gasteiger partial charge in [-0.2, -0.15) is 0 Å². The lowest BCUT2D eigenvalue weighted by molar-refractivity contribution is -0.159. The van der Waals surface area contributed by atoms with Gasteiger partial charge in [0.25, 0.3) is 0 Å². The highest BCUT2D eigenvalue weighted by molar-refractivity contribution is 5.74. The summed E-state index contributed by atoms with van der Waals surface area (Å²) >= 11 is 0. The first-order valence-corrected chi connectivity index (χ1v) is 9.24. The average molecular weight is 326 g/mol. The van der Waals surface area contributed by atoms with Crippen molar-refractivity contribution >= 4 is 11.9 Å². The van der Waals surface area contributed by atoms with Crippen LogP contribution in [0, 0.1) is 23.7 Å². The van der Waals surface area contributed by atoms with Gasteiger partial charge in [0.2, 0.25) is 0 Å². The molecule has 1 atom stereocenters. The van der Waals surface area contributed by atoms with E-state index in [-0.39, 0.29) is 23.9 Å². The van der Waals surface area contributed by atoms with E-state index in [1.807, 2.05) is 0 Å². The molecule has 0 heterocycles. The van der Waals surface area contributed by atoms with Crippen molar-refractivity contribution in [1.82, 2.24) is 0 Å². The second kappa shape index (κ2) is 9.94. The van der Waals surface area contributed by atoms with E-state index in [1.165, 1.54) is 12.8 Å². The van der Waals surface area contributed by atoms with Gasteiger partial charge in [0, 0.05) is 0 Å². The van der Waals surface area contributed by atoms with E-state index in [4.69, 9.17) is 9.84 Å². The van der Waals surface area contributed by atoms with E-state index >= 15 is 0 Å². The van der Waals surface area contributed by atoms with E-state index in [0.717, 1.165) is 18.8 Å². The van der Waals surface area contributed by atoms with E-state index in [2.05, 4.69) is 27.7 Å². The summed E-state index contributed by atoms with van der Waals surface area (Å²) in [7, 11) is 0. The van der Waals surface area contributed by atoms with Crippen LogP contribution in [0.3, 0.4) is 0 Å². The number of rotatable bonds is 9. The largest absolute Gasteiger partial charge is 0.481 e. The molecule has 1 saturated carbocycles. The molecular formula is C19H34O4. The van der Waals surface area contributed by atoms with Crippen LogP contribution in [0.1, 0.15) is 79.1 Å². The average Bonchev–Trinajstić information content (AvgIpc) is 2.49. The molecule has 0 aliphatic heterocycles. The Bertz CT molecular complexity index is 368. The lowest BCUT2D eigenvalue weighted by atomic mass is 9.82. The lowest BCUT2D eigenvalue weighted by Crippen LogP contribution is -2.31. The first-order chi connectivity index (χ1) is 10.8. The third-order valence-electron chi connectivity index (χ3n) is 4.94. The van der Waals surface area contributed by atoms with Crippen LogP contribution in [-0.2, 0) is 14.3 Å². The topological polar surface area (TPSA) is 63.6 Å². The maximum absolute atomic E-state index is 12.4. The van der Waals surface area contributed by atoms with Gasteiger partial charge in [-0.05, 0) is 50.4 Å². The van der Waals surface area contributed by atoms with E-state index in [0.29, 0.717) is 31.6 Å². The lowest BCUT2D eigenvalue weighted by Gasteiger charge is -2.28. The number of hydrogen-bond acceptors (Lipinski definition) is 3. The Labute approximate surface area is 141 Å². The smallest absolute Gasteiger partial charge is 0.309 e. The molecule has 134 valence electrons. The molecule has 0 aromatic heterocycles. The minimum Gasteiger partial charge on any atom is -0.481 e. The summed E-state index contributed by atoms with van der Waals surface area (Å²) in [6, 6.07) is 0. The minimum absolute atomic E-state index is 0.00754. The van der Waals surface area contributed by atoms with Crippen LogP contribution in [0.4, 0.5) is 0 Å². The molecule has 0 aromatic carbocycles. The molecule has 0 spiro atoms. The molecule has 4 heteroatoms. The summed E-state index contributed by atoms with van der Waals surface area (Å²) in [5.41, 5.74) is 0. The van der Waals surface area contributed by atoms with Gasteiger partial charge in [-0.3, -0.25) is 9.59 Å². The van der Waals surface area contributed by atoms with Gasteiger partial charge in [0.15, 0.2) is 0 Å². The van der Waals surface area contributed by atoms with Crippen molar-refractivity contribution in [3.63, 3.8) is 0 Å². The first-order valence-electron chi connectivity index (χ1n) is 9.24. The van der Waals surface area contributed by atoms with Crippen molar-refractivity contribution in [1.29, 1.82) is 0 Å².